The van der Waals surface area contributed by atoms with E-state index in [0.29, 0.717) is 5.56 Å². The van der Waals surface area contributed by atoms with E-state index in [2.05, 4.69) is 33.9 Å². The van der Waals surface area contributed by atoms with Crippen molar-refractivity contribution in [2.24, 2.45) is 0 Å². The van der Waals surface area contributed by atoms with Gasteiger partial charge in [-0.25, -0.2) is 0 Å². The van der Waals surface area contributed by atoms with Crippen molar-refractivity contribution in [3.63, 3.8) is 0 Å². The largest absolute Gasteiger partial charge is 0.375 e. The molecule has 2 nitrogen and oxygen atoms in total. The van der Waals surface area contributed by atoms with Crippen molar-refractivity contribution in [3.05, 3.63) is 76.8 Å². The maximum absolute atomic E-state index is 8.90. The van der Waals surface area contributed by atoms with Crippen molar-refractivity contribution >= 4 is 21.6 Å². The maximum Gasteiger partial charge on any atom is 0.0992 e. The Balaban J connectivity index is 2.21. The van der Waals surface area contributed by atoms with E-state index in [-0.39, 0.29) is 6.04 Å². The lowest BCUT2D eigenvalue weighted by Gasteiger charge is -2.16. The molecule has 0 amide bonds. The molecule has 1 atom stereocenters. The molecule has 0 fully saturated rings. The van der Waals surface area contributed by atoms with Crippen molar-refractivity contribution in [3.8, 4) is 6.07 Å². The number of hydrogen-bond acceptors (Lipinski definition) is 2. The quantitative estimate of drug-likeness (QED) is 0.833. The van der Waals surface area contributed by atoms with Gasteiger partial charge in [0, 0.05) is 10.2 Å². The molecule has 2 rings (SSSR count). The zero-order valence-electron chi connectivity index (χ0n) is 10.3. The van der Waals surface area contributed by atoms with Gasteiger partial charge in [-0.3, -0.25) is 0 Å². The van der Waals surface area contributed by atoms with Crippen molar-refractivity contribution in [1.29, 1.82) is 5.26 Å². The molecule has 94 valence electrons. The van der Waals surface area contributed by atoms with Crippen LogP contribution in [0.1, 0.15) is 17.2 Å². The minimum atomic E-state index is 0.0158. The molecule has 0 saturated heterocycles. The number of nitrogens with one attached hydrogen (secondary N) is 1. The average molecular weight is 313 g/mol. The number of halogens is 1. The third kappa shape index (κ3) is 3.46. The van der Waals surface area contributed by atoms with E-state index in [0.717, 1.165) is 15.7 Å². The topological polar surface area (TPSA) is 35.8 Å². The Hall–Kier alpha value is -2.05. The predicted octanol–water partition coefficient (Wildman–Crippen LogP) is 4.66. The fourth-order valence-corrected chi connectivity index (χ4v) is 2.07. The minimum Gasteiger partial charge on any atom is -0.375 e. The van der Waals surface area contributed by atoms with Crippen LogP contribution in [-0.2, 0) is 0 Å². The van der Waals surface area contributed by atoms with Gasteiger partial charge in [-0.2, -0.15) is 5.26 Å². The molecule has 0 saturated carbocycles. The third-order valence-corrected chi connectivity index (χ3v) is 3.31. The molecule has 2 aromatic carbocycles. The third-order valence-electron chi connectivity index (χ3n) is 2.78. The van der Waals surface area contributed by atoms with Gasteiger partial charge in [-0.05, 0) is 35.9 Å². The molecular formula is C16H13BrN2. The molecule has 0 aliphatic carbocycles. The van der Waals surface area contributed by atoms with Crippen LogP contribution in [0.4, 0.5) is 5.69 Å². The number of rotatable bonds is 4. The SMILES string of the molecule is C=CC(Nc1cccc(C#N)c1)c1ccc(Br)cc1. The molecule has 0 aliphatic heterocycles. The Morgan fingerprint density at radius 3 is 2.58 bits per heavy atom. The van der Waals surface area contributed by atoms with Gasteiger partial charge < -0.3 is 5.32 Å². The van der Waals surface area contributed by atoms with E-state index in [9.17, 15) is 0 Å². The van der Waals surface area contributed by atoms with E-state index in [1.165, 1.54) is 0 Å². The standard InChI is InChI=1S/C16H13BrN2/c1-2-16(13-6-8-14(17)9-7-13)19-15-5-3-4-12(10-15)11-18/h2-10,16,19H,1H2. The molecule has 0 radical (unpaired) electrons. The van der Waals surface area contributed by atoms with Crippen molar-refractivity contribution in [1.82, 2.24) is 0 Å². The summed E-state index contributed by atoms with van der Waals surface area (Å²) in [6.45, 7) is 3.86. The second-order valence-electron chi connectivity index (χ2n) is 4.10. The Bertz CT molecular complexity index is 611. The smallest absolute Gasteiger partial charge is 0.0992 e. The average Bonchev–Trinajstić information content (AvgIpc) is 2.46. The van der Waals surface area contributed by atoms with E-state index < -0.39 is 0 Å². The highest BCUT2D eigenvalue weighted by atomic mass is 79.9. The molecule has 3 heteroatoms. The zero-order chi connectivity index (χ0) is 13.7. The summed E-state index contributed by atoms with van der Waals surface area (Å²) in [7, 11) is 0. The molecule has 0 spiro atoms. The molecular weight excluding hydrogens is 300 g/mol. The number of nitriles is 1. The van der Waals surface area contributed by atoms with E-state index in [4.69, 9.17) is 5.26 Å². The predicted molar refractivity (Wildman–Crippen MR) is 81.9 cm³/mol. The van der Waals surface area contributed by atoms with Crippen LogP contribution in [0.5, 0.6) is 0 Å². The summed E-state index contributed by atoms with van der Waals surface area (Å²) in [4.78, 5) is 0. The molecule has 0 aromatic heterocycles. The van der Waals surface area contributed by atoms with Crippen LogP contribution in [0.25, 0.3) is 0 Å². The van der Waals surface area contributed by atoms with Crippen LogP contribution >= 0.6 is 15.9 Å². The second-order valence-corrected chi connectivity index (χ2v) is 5.02. The van der Waals surface area contributed by atoms with Gasteiger partial charge in [0.25, 0.3) is 0 Å². The summed E-state index contributed by atoms with van der Waals surface area (Å²) in [5.74, 6) is 0. The van der Waals surface area contributed by atoms with Gasteiger partial charge in [0.05, 0.1) is 17.7 Å². The van der Waals surface area contributed by atoms with Crippen molar-refractivity contribution < 1.29 is 0 Å². The maximum atomic E-state index is 8.90. The second kappa shape index (κ2) is 6.21. The molecule has 0 bridgehead atoms. The first-order valence-corrected chi connectivity index (χ1v) is 6.67. The lowest BCUT2D eigenvalue weighted by atomic mass is 10.1. The summed E-state index contributed by atoms with van der Waals surface area (Å²) in [5, 5.41) is 12.3. The van der Waals surface area contributed by atoms with Gasteiger partial charge in [0.2, 0.25) is 0 Å². The van der Waals surface area contributed by atoms with E-state index >= 15 is 0 Å². The first-order valence-electron chi connectivity index (χ1n) is 5.87. The van der Waals surface area contributed by atoms with Gasteiger partial charge in [0.1, 0.15) is 0 Å². The lowest BCUT2D eigenvalue weighted by molar-refractivity contribution is 0.987. The molecule has 1 N–H and O–H groups in total. The van der Waals surface area contributed by atoms with Gasteiger partial charge in [0.15, 0.2) is 0 Å². The highest BCUT2D eigenvalue weighted by molar-refractivity contribution is 9.10. The van der Waals surface area contributed by atoms with E-state index in [1.54, 1.807) is 6.07 Å². The fraction of sp³-hybridized carbons (Fsp3) is 0.0625. The molecule has 2 aromatic rings. The molecule has 1 unspecified atom stereocenters. The number of nitrogens with zero attached hydrogens (tertiary/aromatic N) is 1. The zero-order valence-corrected chi connectivity index (χ0v) is 11.9. The Labute approximate surface area is 121 Å². The Kier molecular flexibility index (Phi) is 4.38. The summed E-state index contributed by atoms with van der Waals surface area (Å²) < 4.78 is 1.05. The Morgan fingerprint density at radius 1 is 1.21 bits per heavy atom. The van der Waals surface area contributed by atoms with Crippen molar-refractivity contribution in [2.45, 2.75) is 6.04 Å². The summed E-state index contributed by atoms with van der Waals surface area (Å²) in [5.41, 5.74) is 2.68. The lowest BCUT2D eigenvalue weighted by Crippen LogP contribution is -2.07. The van der Waals surface area contributed by atoms with Gasteiger partial charge in [-0.15, -0.1) is 6.58 Å². The molecule has 19 heavy (non-hydrogen) atoms. The normalized spacial score (nSPS) is 11.4. The first-order chi connectivity index (χ1) is 9.22. The van der Waals surface area contributed by atoms with Crippen LogP contribution in [0.3, 0.4) is 0 Å². The van der Waals surface area contributed by atoms with Crippen LogP contribution in [0.2, 0.25) is 0 Å². The van der Waals surface area contributed by atoms with Crippen LogP contribution in [0, 0.1) is 11.3 Å². The number of hydrogen-bond donors (Lipinski definition) is 1. The number of benzene rings is 2. The molecule has 0 heterocycles. The summed E-state index contributed by atoms with van der Waals surface area (Å²) >= 11 is 3.42. The fourth-order valence-electron chi connectivity index (χ4n) is 1.81. The van der Waals surface area contributed by atoms with Gasteiger partial charge in [-0.1, -0.05) is 40.2 Å². The van der Waals surface area contributed by atoms with Crippen LogP contribution in [-0.4, -0.2) is 0 Å². The van der Waals surface area contributed by atoms with Crippen molar-refractivity contribution in [2.75, 3.05) is 5.32 Å². The Morgan fingerprint density at radius 2 is 1.95 bits per heavy atom. The number of anilines is 1. The highest BCUT2D eigenvalue weighted by Crippen LogP contribution is 2.22. The molecule has 0 aliphatic rings. The van der Waals surface area contributed by atoms with Crippen LogP contribution in [0.15, 0.2) is 65.7 Å². The first kappa shape index (κ1) is 13.4. The monoisotopic (exact) mass is 312 g/mol. The van der Waals surface area contributed by atoms with Crippen LogP contribution < -0.4 is 5.32 Å². The van der Waals surface area contributed by atoms with E-state index in [1.807, 2.05) is 48.5 Å². The summed E-state index contributed by atoms with van der Waals surface area (Å²) in [6.07, 6.45) is 1.85. The highest BCUT2D eigenvalue weighted by Gasteiger charge is 2.07. The van der Waals surface area contributed by atoms with Gasteiger partial charge >= 0.3 is 0 Å². The summed E-state index contributed by atoms with van der Waals surface area (Å²) in [6, 6.07) is 17.6. The minimum absolute atomic E-state index is 0.0158.